The van der Waals surface area contributed by atoms with Crippen LogP contribution < -0.4 is 0 Å². The van der Waals surface area contributed by atoms with Crippen molar-refractivity contribution in [3.63, 3.8) is 0 Å². The number of benzene rings is 1. The van der Waals surface area contributed by atoms with Gasteiger partial charge in [0, 0.05) is 32.7 Å². The lowest BCUT2D eigenvalue weighted by Crippen LogP contribution is -2.38. The number of hydrogen-bond donors (Lipinski definition) is 1. The van der Waals surface area contributed by atoms with Crippen molar-refractivity contribution in [1.29, 1.82) is 0 Å². The zero-order valence-corrected chi connectivity index (χ0v) is 22.2. The standard InChI is InChI=1S/C28H50O5/c1-8-17-33-25(9-2)18-27(30-6)21(3)15-16-26(29)23(5)28(31-7)22(4)19-32-20-24-13-11-10-12-14-24/h10-14,21-23,25-29H,8-9,15-20H2,1-7H3/t21-,22+,23-,25?,26+,27-,28+/m0/s1. The average Bonchev–Trinajstić information content (AvgIpc) is 2.83. The smallest absolute Gasteiger partial charge is 0.0717 e. The molecule has 0 saturated carbocycles. The SMILES string of the molecule is CCCOC(CC)C[C@H](OC)[C@@H](C)CC[C@@H](O)[C@H](C)[C@H](OC)[C@H](C)COCc1ccccc1. The minimum atomic E-state index is -0.426. The maximum atomic E-state index is 10.9. The van der Waals surface area contributed by atoms with E-state index in [1.165, 1.54) is 5.56 Å². The Bertz CT molecular complexity index is 581. The molecule has 33 heavy (non-hydrogen) atoms. The van der Waals surface area contributed by atoms with Gasteiger partial charge in [-0.3, -0.25) is 0 Å². The van der Waals surface area contributed by atoms with E-state index < -0.39 is 6.10 Å². The van der Waals surface area contributed by atoms with E-state index in [1.807, 2.05) is 18.2 Å². The van der Waals surface area contributed by atoms with Crippen molar-refractivity contribution >= 4 is 0 Å². The quantitative estimate of drug-likeness (QED) is 0.276. The van der Waals surface area contributed by atoms with E-state index in [-0.39, 0.29) is 30.1 Å². The van der Waals surface area contributed by atoms with Crippen LogP contribution in [0.15, 0.2) is 30.3 Å². The fourth-order valence-corrected chi connectivity index (χ4v) is 4.56. The summed E-state index contributed by atoms with van der Waals surface area (Å²) in [6.45, 7) is 12.7. The summed E-state index contributed by atoms with van der Waals surface area (Å²) in [7, 11) is 3.51. The van der Waals surface area contributed by atoms with Crippen molar-refractivity contribution < 1.29 is 24.1 Å². The van der Waals surface area contributed by atoms with Gasteiger partial charge in [0.1, 0.15) is 0 Å². The summed E-state index contributed by atoms with van der Waals surface area (Å²) >= 11 is 0. The molecule has 5 heteroatoms. The summed E-state index contributed by atoms with van der Waals surface area (Å²) < 4.78 is 23.5. The van der Waals surface area contributed by atoms with Crippen LogP contribution in [0.3, 0.4) is 0 Å². The third kappa shape index (κ3) is 11.3. The first-order chi connectivity index (χ1) is 15.9. The Balaban J connectivity index is 2.49. The normalized spacial score (nSPS) is 18.3. The fraction of sp³-hybridized carbons (Fsp3) is 0.786. The highest BCUT2D eigenvalue weighted by Gasteiger charge is 2.30. The van der Waals surface area contributed by atoms with E-state index in [2.05, 4.69) is 46.8 Å². The van der Waals surface area contributed by atoms with Gasteiger partial charge in [-0.25, -0.2) is 0 Å². The number of aliphatic hydroxyl groups excluding tert-OH is 1. The van der Waals surface area contributed by atoms with E-state index in [9.17, 15) is 5.11 Å². The molecule has 1 aromatic carbocycles. The first kappa shape index (κ1) is 30.1. The molecule has 7 atom stereocenters. The predicted octanol–water partition coefficient (Wildman–Crippen LogP) is 5.88. The highest BCUT2D eigenvalue weighted by Crippen LogP contribution is 2.26. The monoisotopic (exact) mass is 466 g/mol. The predicted molar refractivity (Wildman–Crippen MR) is 135 cm³/mol. The Morgan fingerprint density at radius 2 is 1.61 bits per heavy atom. The zero-order chi connectivity index (χ0) is 24.6. The van der Waals surface area contributed by atoms with Crippen molar-refractivity contribution in [2.24, 2.45) is 17.8 Å². The zero-order valence-electron chi connectivity index (χ0n) is 22.2. The summed E-state index contributed by atoms with van der Waals surface area (Å²) in [5.74, 6) is 0.562. The molecule has 0 fully saturated rings. The second-order valence-electron chi connectivity index (χ2n) is 9.57. The molecule has 0 radical (unpaired) electrons. The molecule has 0 aliphatic carbocycles. The van der Waals surface area contributed by atoms with Crippen LogP contribution in [0.2, 0.25) is 0 Å². The molecule has 192 valence electrons. The van der Waals surface area contributed by atoms with Crippen molar-refractivity contribution in [3.8, 4) is 0 Å². The molecule has 5 nitrogen and oxygen atoms in total. The summed E-state index contributed by atoms with van der Waals surface area (Å²) in [5.41, 5.74) is 1.17. The summed E-state index contributed by atoms with van der Waals surface area (Å²) in [5, 5.41) is 10.9. The number of aliphatic hydroxyl groups is 1. The Morgan fingerprint density at radius 3 is 2.18 bits per heavy atom. The molecule has 0 bridgehead atoms. The third-order valence-electron chi connectivity index (χ3n) is 6.81. The summed E-state index contributed by atoms with van der Waals surface area (Å²) in [4.78, 5) is 0. The molecule has 0 aliphatic heterocycles. The van der Waals surface area contributed by atoms with Gasteiger partial charge in [0.05, 0.1) is 37.6 Å². The van der Waals surface area contributed by atoms with Crippen LogP contribution in [-0.2, 0) is 25.6 Å². The minimum absolute atomic E-state index is 0.0230. The molecular formula is C28H50O5. The number of rotatable bonds is 19. The summed E-state index contributed by atoms with van der Waals surface area (Å²) in [6, 6.07) is 10.2. The Morgan fingerprint density at radius 1 is 0.909 bits per heavy atom. The Kier molecular flexibility index (Phi) is 15.9. The molecular weight excluding hydrogens is 416 g/mol. The van der Waals surface area contributed by atoms with E-state index >= 15 is 0 Å². The minimum Gasteiger partial charge on any atom is -0.393 e. The first-order valence-corrected chi connectivity index (χ1v) is 12.8. The van der Waals surface area contributed by atoms with Crippen molar-refractivity contribution in [2.45, 2.75) is 97.7 Å². The molecule has 1 rings (SSSR count). The number of ether oxygens (including phenoxy) is 4. The second-order valence-corrected chi connectivity index (χ2v) is 9.57. The van der Waals surface area contributed by atoms with E-state index in [4.69, 9.17) is 18.9 Å². The van der Waals surface area contributed by atoms with Crippen LogP contribution in [0, 0.1) is 17.8 Å². The van der Waals surface area contributed by atoms with Crippen molar-refractivity contribution in [2.75, 3.05) is 27.4 Å². The number of hydrogen-bond acceptors (Lipinski definition) is 5. The van der Waals surface area contributed by atoms with Crippen LogP contribution in [0.4, 0.5) is 0 Å². The second kappa shape index (κ2) is 17.5. The molecule has 0 heterocycles. The van der Waals surface area contributed by atoms with Gasteiger partial charge in [-0.1, -0.05) is 65.0 Å². The highest BCUT2D eigenvalue weighted by molar-refractivity contribution is 5.13. The van der Waals surface area contributed by atoms with Gasteiger partial charge in [-0.2, -0.15) is 0 Å². The number of methoxy groups -OCH3 is 2. The third-order valence-corrected chi connectivity index (χ3v) is 6.81. The molecule has 1 aromatic rings. The molecule has 0 aliphatic rings. The van der Waals surface area contributed by atoms with Gasteiger partial charge in [0.15, 0.2) is 0 Å². The maximum Gasteiger partial charge on any atom is 0.0717 e. The Labute approximate surface area is 203 Å². The Hall–Kier alpha value is -0.980. The lowest BCUT2D eigenvalue weighted by Gasteiger charge is -2.32. The van der Waals surface area contributed by atoms with Crippen LogP contribution in [-0.4, -0.2) is 57.0 Å². The largest absolute Gasteiger partial charge is 0.393 e. The van der Waals surface area contributed by atoms with Gasteiger partial charge in [0.25, 0.3) is 0 Å². The topological polar surface area (TPSA) is 57.2 Å². The van der Waals surface area contributed by atoms with Crippen LogP contribution in [0.25, 0.3) is 0 Å². The first-order valence-electron chi connectivity index (χ1n) is 12.8. The fourth-order valence-electron chi connectivity index (χ4n) is 4.56. The molecule has 0 spiro atoms. The van der Waals surface area contributed by atoms with Crippen molar-refractivity contribution in [1.82, 2.24) is 0 Å². The van der Waals surface area contributed by atoms with Gasteiger partial charge < -0.3 is 24.1 Å². The van der Waals surface area contributed by atoms with Gasteiger partial charge in [-0.05, 0) is 43.6 Å². The van der Waals surface area contributed by atoms with E-state index in [1.54, 1.807) is 14.2 Å². The van der Waals surface area contributed by atoms with Crippen LogP contribution >= 0.6 is 0 Å². The lowest BCUT2D eigenvalue weighted by molar-refractivity contribution is -0.0619. The van der Waals surface area contributed by atoms with Crippen LogP contribution in [0.5, 0.6) is 0 Å². The van der Waals surface area contributed by atoms with E-state index in [0.29, 0.717) is 19.1 Å². The molecule has 0 amide bonds. The molecule has 1 unspecified atom stereocenters. The van der Waals surface area contributed by atoms with Gasteiger partial charge in [0.2, 0.25) is 0 Å². The average molecular weight is 467 g/mol. The van der Waals surface area contributed by atoms with Crippen molar-refractivity contribution in [3.05, 3.63) is 35.9 Å². The highest BCUT2D eigenvalue weighted by atomic mass is 16.5. The van der Waals surface area contributed by atoms with Gasteiger partial charge in [-0.15, -0.1) is 0 Å². The summed E-state index contributed by atoms with van der Waals surface area (Å²) in [6.07, 6.45) is 4.44. The van der Waals surface area contributed by atoms with Gasteiger partial charge >= 0.3 is 0 Å². The van der Waals surface area contributed by atoms with E-state index in [0.717, 1.165) is 38.7 Å². The molecule has 1 N–H and O–H groups in total. The van der Waals surface area contributed by atoms with Crippen LogP contribution in [0.1, 0.15) is 72.3 Å². The maximum absolute atomic E-state index is 10.9. The lowest BCUT2D eigenvalue weighted by atomic mass is 9.85. The molecule has 0 aromatic heterocycles. The molecule has 0 saturated heterocycles.